The van der Waals surface area contributed by atoms with Crippen molar-refractivity contribution in [2.75, 3.05) is 13.2 Å². The van der Waals surface area contributed by atoms with Gasteiger partial charge < -0.3 is 4.74 Å². The van der Waals surface area contributed by atoms with Crippen LogP contribution in [0.15, 0.2) is 24.5 Å². The Balaban J connectivity index is 1.88. The number of hydrogen-bond acceptors (Lipinski definition) is 2. The molecule has 1 aliphatic heterocycles. The lowest BCUT2D eigenvalue weighted by atomic mass is 9.93. The Morgan fingerprint density at radius 2 is 2.00 bits per heavy atom. The maximum Gasteiger partial charge on any atom is 0.0469 e. The Labute approximate surface area is 99.2 Å². The van der Waals surface area contributed by atoms with E-state index in [4.69, 9.17) is 4.74 Å². The van der Waals surface area contributed by atoms with Crippen molar-refractivity contribution in [1.82, 2.24) is 4.98 Å². The van der Waals surface area contributed by atoms with Crippen LogP contribution in [0.25, 0.3) is 0 Å². The summed E-state index contributed by atoms with van der Waals surface area (Å²) in [6, 6.07) is 4.18. The van der Waals surface area contributed by atoms with Crippen LogP contribution >= 0.6 is 15.9 Å². The molecule has 1 unspecified atom stereocenters. The van der Waals surface area contributed by atoms with Crippen molar-refractivity contribution in [1.29, 1.82) is 0 Å². The topological polar surface area (TPSA) is 22.1 Å². The molecule has 15 heavy (non-hydrogen) atoms. The van der Waals surface area contributed by atoms with Crippen molar-refractivity contribution in [2.24, 2.45) is 5.92 Å². The van der Waals surface area contributed by atoms with E-state index < -0.39 is 0 Å². The third-order valence-corrected chi connectivity index (χ3v) is 4.03. The maximum absolute atomic E-state index is 5.37. The Morgan fingerprint density at radius 1 is 1.33 bits per heavy atom. The highest BCUT2D eigenvalue weighted by atomic mass is 79.9. The molecule has 0 N–H and O–H groups in total. The molecular formula is C12H16BrNO. The lowest BCUT2D eigenvalue weighted by Crippen LogP contribution is -2.24. The molecule has 0 aliphatic carbocycles. The summed E-state index contributed by atoms with van der Waals surface area (Å²) in [7, 11) is 0. The molecule has 0 radical (unpaired) electrons. The predicted octanol–water partition coefficient (Wildman–Crippen LogP) is 2.81. The van der Waals surface area contributed by atoms with Gasteiger partial charge in [-0.15, -0.1) is 0 Å². The fraction of sp³-hybridized carbons (Fsp3) is 0.583. The molecule has 0 bridgehead atoms. The lowest BCUT2D eigenvalue weighted by Gasteiger charge is -2.26. The molecule has 2 heterocycles. The molecule has 0 amide bonds. The molecule has 2 nitrogen and oxygen atoms in total. The van der Waals surface area contributed by atoms with Crippen LogP contribution in [0, 0.1) is 5.92 Å². The van der Waals surface area contributed by atoms with E-state index in [1.165, 1.54) is 18.4 Å². The van der Waals surface area contributed by atoms with E-state index in [-0.39, 0.29) is 0 Å². The molecule has 2 rings (SSSR count). The van der Waals surface area contributed by atoms with E-state index >= 15 is 0 Å². The molecule has 0 saturated carbocycles. The van der Waals surface area contributed by atoms with E-state index in [1.807, 2.05) is 12.4 Å². The summed E-state index contributed by atoms with van der Waals surface area (Å²) >= 11 is 3.80. The lowest BCUT2D eigenvalue weighted by molar-refractivity contribution is 0.0662. The average Bonchev–Trinajstić information content (AvgIpc) is 2.31. The van der Waals surface area contributed by atoms with Gasteiger partial charge in [0.1, 0.15) is 0 Å². The molecule has 1 aliphatic rings. The summed E-state index contributed by atoms with van der Waals surface area (Å²) in [5.41, 5.74) is 1.36. The third-order valence-electron chi connectivity index (χ3n) is 2.96. The SMILES string of the molecule is BrC(Cc1ccncc1)C1CCOCC1. The number of alkyl halides is 1. The van der Waals surface area contributed by atoms with Crippen LogP contribution in [-0.4, -0.2) is 23.0 Å². The first-order chi connectivity index (χ1) is 7.36. The molecule has 1 saturated heterocycles. The Bertz CT molecular complexity index is 285. The highest BCUT2D eigenvalue weighted by molar-refractivity contribution is 9.09. The summed E-state index contributed by atoms with van der Waals surface area (Å²) in [6.07, 6.45) is 7.17. The largest absolute Gasteiger partial charge is 0.381 e. The Hall–Kier alpha value is -0.410. The number of nitrogens with zero attached hydrogens (tertiary/aromatic N) is 1. The van der Waals surface area contributed by atoms with Crippen LogP contribution in [0.4, 0.5) is 0 Å². The van der Waals surface area contributed by atoms with E-state index in [9.17, 15) is 0 Å². The second-order valence-electron chi connectivity index (χ2n) is 4.03. The first-order valence-electron chi connectivity index (χ1n) is 5.47. The smallest absolute Gasteiger partial charge is 0.0469 e. The normalized spacial score (nSPS) is 20.1. The van der Waals surface area contributed by atoms with Gasteiger partial charge in [-0.25, -0.2) is 0 Å². The summed E-state index contributed by atoms with van der Waals surface area (Å²) in [6.45, 7) is 1.84. The van der Waals surface area contributed by atoms with Crippen LogP contribution in [0.1, 0.15) is 18.4 Å². The summed E-state index contributed by atoms with van der Waals surface area (Å²) < 4.78 is 5.37. The van der Waals surface area contributed by atoms with Crippen LogP contribution in [0.2, 0.25) is 0 Å². The third kappa shape index (κ3) is 3.28. The first kappa shape index (κ1) is 11.1. The molecule has 1 aromatic heterocycles. The van der Waals surface area contributed by atoms with E-state index in [2.05, 4.69) is 33.0 Å². The van der Waals surface area contributed by atoms with Gasteiger partial charge in [0.2, 0.25) is 0 Å². The highest BCUT2D eigenvalue weighted by Gasteiger charge is 2.21. The van der Waals surface area contributed by atoms with Gasteiger partial charge in [0.05, 0.1) is 0 Å². The van der Waals surface area contributed by atoms with Crippen molar-refractivity contribution < 1.29 is 4.74 Å². The van der Waals surface area contributed by atoms with Crippen LogP contribution in [0.5, 0.6) is 0 Å². The van der Waals surface area contributed by atoms with Crippen LogP contribution < -0.4 is 0 Å². The van der Waals surface area contributed by atoms with Crippen LogP contribution in [0.3, 0.4) is 0 Å². The van der Waals surface area contributed by atoms with Crippen molar-refractivity contribution in [3.8, 4) is 0 Å². The monoisotopic (exact) mass is 269 g/mol. The van der Waals surface area contributed by atoms with Crippen LogP contribution in [-0.2, 0) is 11.2 Å². The zero-order chi connectivity index (χ0) is 10.5. The molecular weight excluding hydrogens is 254 g/mol. The minimum Gasteiger partial charge on any atom is -0.381 e. The summed E-state index contributed by atoms with van der Waals surface area (Å²) in [5, 5.41) is 0. The van der Waals surface area contributed by atoms with Gasteiger partial charge >= 0.3 is 0 Å². The van der Waals surface area contributed by atoms with E-state index in [1.54, 1.807) is 0 Å². The average molecular weight is 270 g/mol. The zero-order valence-corrected chi connectivity index (χ0v) is 10.3. The summed E-state index contributed by atoms with van der Waals surface area (Å²) in [4.78, 5) is 4.60. The zero-order valence-electron chi connectivity index (χ0n) is 8.73. The summed E-state index contributed by atoms with van der Waals surface area (Å²) in [5.74, 6) is 0.756. The first-order valence-corrected chi connectivity index (χ1v) is 6.38. The predicted molar refractivity (Wildman–Crippen MR) is 64.2 cm³/mol. The second kappa shape index (κ2) is 5.61. The van der Waals surface area contributed by atoms with Gasteiger partial charge in [-0.05, 0) is 42.9 Å². The Morgan fingerprint density at radius 3 is 2.67 bits per heavy atom. The Kier molecular flexibility index (Phi) is 4.15. The highest BCUT2D eigenvalue weighted by Crippen LogP contribution is 2.26. The molecule has 1 aromatic rings. The number of pyridine rings is 1. The van der Waals surface area contributed by atoms with Crippen molar-refractivity contribution in [3.05, 3.63) is 30.1 Å². The minimum atomic E-state index is 0.573. The second-order valence-corrected chi connectivity index (χ2v) is 5.20. The van der Waals surface area contributed by atoms with E-state index in [0.717, 1.165) is 25.6 Å². The minimum absolute atomic E-state index is 0.573. The fourth-order valence-corrected chi connectivity index (χ4v) is 2.89. The van der Waals surface area contributed by atoms with E-state index in [0.29, 0.717) is 4.83 Å². The number of rotatable bonds is 3. The van der Waals surface area contributed by atoms with Crippen molar-refractivity contribution >= 4 is 15.9 Å². The maximum atomic E-state index is 5.37. The molecule has 1 atom stereocenters. The molecule has 1 fully saturated rings. The number of ether oxygens (including phenoxy) is 1. The number of hydrogen-bond donors (Lipinski definition) is 0. The molecule has 82 valence electrons. The van der Waals surface area contributed by atoms with Gasteiger partial charge in [0, 0.05) is 30.4 Å². The van der Waals surface area contributed by atoms with Gasteiger partial charge in [0.15, 0.2) is 0 Å². The molecule has 0 aromatic carbocycles. The number of aromatic nitrogens is 1. The van der Waals surface area contributed by atoms with Gasteiger partial charge in [0.25, 0.3) is 0 Å². The van der Waals surface area contributed by atoms with Gasteiger partial charge in [-0.3, -0.25) is 4.98 Å². The standard InChI is InChI=1S/C12H16BrNO/c13-12(11-3-7-15-8-4-11)9-10-1-5-14-6-2-10/h1-2,5-6,11-12H,3-4,7-9H2. The number of halogens is 1. The molecule has 3 heteroatoms. The molecule has 0 spiro atoms. The fourth-order valence-electron chi connectivity index (χ4n) is 1.99. The van der Waals surface area contributed by atoms with Crippen molar-refractivity contribution in [2.45, 2.75) is 24.1 Å². The van der Waals surface area contributed by atoms with Crippen molar-refractivity contribution in [3.63, 3.8) is 0 Å². The quantitative estimate of drug-likeness (QED) is 0.788. The van der Waals surface area contributed by atoms with Gasteiger partial charge in [-0.2, -0.15) is 0 Å². The van der Waals surface area contributed by atoms with Gasteiger partial charge in [-0.1, -0.05) is 15.9 Å².